The molecule has 1 aliphatic heterocycles. The van der Waals surface area contributed by atoms with Gasteiger partial charge in [0.25, 0.3) is 0 Å². The molecule has 0 amide bonds. The molecule has 19 heavy (non-hydrogen) atoms. The predicted octanol–water partition coefficient (Wildman–Crippen LogP) is 2.17. The SMILES string of the molecule is Cc1ccc(CNCCN2CCN(C)C(C)(C)C2)s1. The standard InChI is InChI=1S/C15H27N3S/c1-13-5-6-14(19-13)11-16-7-8-18-10-9-17(4)15(2,3)12-18/h5-6,16H,7-12H2,1-4H3. The average molecular weight is 281 g/mol. The fourth-order valence-electron chi connectivity index (χ4n) is 2.56. The second-order valence-electron chi connectivity index (χ2n) is 6.20. The van der Waals surface area contributed by atoms with Gasteiger partial charge in [0.15, 0.2) is 0 Å². The van der Waals surface area contributed by atoms with Crippen molar-refractivity contribution in [2.75, 3.05) is 39.8 Å². The number of thiophene rings is 1. The van der Waals surface area contributed by atoms with Crippen LogP contribution < -0.4 is 5.32 Å². The van der Waals surface area contributed by atoms with Crippen molar-refractivity contribution in [3.63, 3.8) is 0 Å². The Hall–Kier alpha value is -0.420. The van der Waals surface area contributed by atoms with Gasteiger partial charge in [-0.05, 0) is 40.0 Å². The predicted molar refractivity (Wildman–Crippen MR) is 83.9 cm³/mol. The van der Waals surface area contributed by atoms with Crippen molar-refractivity contribution in [1.29, 1.82) is 0 Å². The Morgan fingerprint density at radius 2 is 2.11 bits per heavy atom. The summed E-state index contributed by atoms with van der Waals surface area (Å²) in [6.45, 7) is 13.6. The summed E-state index contributed by atoms with van der Waals surface area (Å²) in [4.78, 5) is 7.88. The van der Waals surface area contributed by atoms with Crippen molar-refractivity contribution in [2.24, 2.45) is 0 Å². The highest BCUT2D eigenvalue weighted by Gasteiger charge is 2.30. The molecule has 1 fully saturated rings. The van der Waals surface area contributed by atoms with E-state index in [0.717, 1.165) is 19.6 Å². The van der Waals surface area contributed by atoms with E-state index >= 15 is 0 Å². The Balaban J connectivity index is 1.66. The molecule has 0 radical (unpaired) electrons. The number of rotatable bonds is 5. The molecular weight excluding hydrogens is 254 g/mol. The van der Waals surface area contributed by atoms with E-state index < -0.39 is 0 Å². The quantitative estimate of drug-likeness (QED) is 0.835. The van der Waals surface area contributed by atoms with Crippen molar-refractivity contribution < 1.29 is 0 Å². The van der Waals surface area contributed by atoms with Crippen LogP contribution >= 0.6 is 11.3 Å². The zero-order valence-electron chi connectivity index (χ0n) is 12.7. The monoisotopic (exact) mass is 281 g/mol. The summed E-state index contributed by atoms with van der Waals surface area (Å²) in [6, 6.07) is 4.43. The van der Waals surface area contributed by atoms with Crippen LogP contribution in [0.1, 0.15) is 23.6 Å². The Bertz CT molecular complexity index is 400. The summed E-state index contributed by atoms with van der Waals surface area (Å²) in [7, 11) is 2.23. The van der Waals surface area contributed by atoms with Gasteiger partial charge in [-0.3, -0.25) is 9.80 Å². The van der Waals surface area contributed by atoms with Crippen molar-refractivity contribution in [1.82, 2.24) is 15.1 Å². The first-order valence-electron chi connectivity index (χ1n) is 7.17. The molecule has 2 rings (SSSR count). The molecule has 1 saturated heterocycles. The molecule has 3 nitrogen and oxygen atoms in total. The zero-order chi connectivity index (χ0) is 13.9. The third-order valence-electron chi connectivity index (χ3n) is 4.10. The summed E-state index contributed by atoms with van der Waals surface area (Å²) in [5, 5.41) is 3.56. The summed E-state index contributed by atoms with van der Waals surface area (Å²) in [5.41, 5.74) is 0.309. The van der Waals surface area contributed by atoms with Gasteiger partial charge in [-0.15, -0.1) is 11.3 Å². The highest BCUT2D eigenvalue weighted by molar-refractivity contribution is 7.11. The van der Waals surface area contributed by atoms with Crippen molar-refractivity contribution >= 4 is 11.3 Å². The van der Waals surface area contributed by atoms with Crippen molar-refractivity contribution in [3.05, 3.63) is 21.9 Å². The molecule has 4 heteroatoms. The normalized spacial score (nSPS) is 20.8. The Labute approximate surface area is 121 Å². The maximum atomic E-state index is 3.56. The third-order valence-corrected chi connectivity index (χ3v) is 5.10. The van der Waals surface area contributed by atoms with Gasteiger partial charge in [0.2, 0.25) is 0 Å². The van der Waals surface area contributed by atoms with E-state index in [1.807, 2.05) is 11.3 Å². The van der Waals surface area contributed by atoms with E-state index in [1.165, 1.54) is 29.4 Å². The van der Waals surface area contributed by atoms with E-state index in [-0.39, 0.29) is 0 Å². The maximum absolute atomic E-state index is 3.56. The van der Waals surface area contributed by atoms with Crippen LogP contribution in [-0.2, 0) is 6.54 Å². The molecule has 0 saturated carbocycles. The molecule has 0 unspecified atom stereocenters. The van der Waals surface area contributed by atoms with Gasteiger partial charge < -0.3 is 5.32 Å². The van der Waals surface area contributed by atoms with Crippen LogP contribution in [0.5, 0.6) is 0 Å². The molecule has 1 aromatic rings. The number of piperazine rings is 1. The third kappa shape index (κ3) is 4.28. The largest absolute Gasteiger partial charge is 0.311 e. The average Bonchev–Trinajstić information content (AvgIpc) is 2.75. The first-order chi connectivity index (χ1) is 8.97. The Morgan fingerprint density at radius 3 is 2.74 bits per heavy atom. The fourth-order valence-corrected chi connectivity index (χ4v) is 3.42. The topological polar surface area (TPSA) is 18.5 Å². The second-order valence-corrected chi connectivity index (χ2v) is 7.57. The molecule has 108 valence electrons. The molecular formula is C15H27N3S. The van der Waals surface area contributed by atoms with Gasteiger partial charge in [-0.1, -0.05) is 0 Å². The lowest BCUT2D eigenvalue weighted by Gasteiger charge is -2.45. The van der Waals surface area contributed by atoms with Gasteiger partial charge >= 0.3 is 0 Å². The van der Waals surface area contributed by atoms with Gasteiger partial charge in [0.05, 0.1) is 0 Å². The molecule has 0 aromatic carbocycles. The number of hydrogen-bond acceptors (Lipinski definition) is 4. The molecule has 0 aliphatic carbocycles. The van der Waals surface area contributed by atoms with E-state index in [9.17, 15) is 0 Å². The van der Waals surface area contributed by atoms with E-state index in [1.54, 1.807) is 0 Å². The molecule has 0 bridgehead atoms. The lowest BCUT2D eigenvalue weighted by Crippen LogP contribution is -2.58. The van der Waals surface area contributed by atoms with E-state index in [2.05, 4.69) is 55.1 Å². The number of nitrogens with one attached hydrogen (secondary N) is 1. The van der Waals surface area contributed by atoms with Crippen LogP contribution in [0.3, 0.4) is 0 Å². The number of hydrogen-bond donors (Lipinski definition) is 1. The number of aryl methyl sites for hydroxylation is 1. The molecule has 2 heterocycles. The lowest BCUT2D eigenvalue weighted by molar-refractivity contribution is 0.0407. The molecule has 0 atom stereocenters. The first-order valence-corrected chi connectivity index (χ1v) is 7.99. The van der Waals surface area contributed by atoms with Gasteiger partial charge in [-0.25, -0.2) is 0 Å². The van der Waals surface area contributed by atoms with Gasteiger partial charge in [-0.2, -0.15) is 0 Å². The number of likely N-dealkylation sites (N-methyl/N-ethyl adjacent to an activating group) is 1. The molecule has 1 N–H and O–H groups in total. The summed E-state index contributed by atoms with van der Waals surface area (Å²) in [6.07, 6.45) is 0. The highest BCUT2D eigenvalue weighted by Crippen LogP contribution is 2.18. The van der Waals surface area contributed by atoms with Gasteiger partial charge in [0, 0.05) is 54.6 Å². The van der Waals surface area contributed by atoms with Crippen LogP contribution in [0, 0.1) is 6.92 Å². The minimum absolute atomic E-state index is 0.309. The van der Waals surface area contributed by atoms with E-state index in [0.29, 0.717) is 5.54 Å². The van der Waals surface area contributed by atoms with Crippen molar-refractivity contribution in [2.45, 2.75) is 32.9 Å². The number of nitrogens with zero attached hydrogens (tertiary/aromatic N) is 2. The minimum atomic E-state index is 0.309. The maximum Gasteiger partial charge on any atom is 0.0300 e. The lowest BCUT2D eigenvalue weighted by atomic mass is 10.00. The minimum Gasteiger partial charge on any atom is -0.311 e. The first kappa shape index (κ1) is 15.0. The summed E-state index contributed by atoms with van der Waals surface area (Å²) >= 11 is 1.89. The van der Waals surface area contributed by atoms with Crippen LogP contribution in [0.25, 0.3) is 0 Å². The highest BCUT2D eigenvalue weighted by atomic mass is 32.1. The van der Waals surface area contributed by atoms with E-state index in [4.69, 9.17) is 0 Å². The fraction of sp³-hybridized carbons (Fsp3) is 0.733. The Kier molecular flexibility index (Phi) is 5.01. The molecule has 1 aromatic heterocycles. The smallest absolute Gasteiger partial charge is 0.0300 e. The van der Waals surface area contributed by atoms with Gasteiger partial charge in [0.1, 0.15) is 0 Å². The zero-order valence-corrected chi connectivity index (χ0v) is 13.5. The second kappa shape index (κ2) is 6.35. The van der Waals surface area contributed by atoms with Crippen LogP contribution in [0.2, 0.25) is 0 Å². The van der Waals surface area contributed by atoms with Crippen LogP contribution in [-0.4, -0.2) is 55.1 Å². The molecule has 1 aliphatic rings. The van der Waals surface area contributed by atoms with Crippen LogP contribution in [0.15, 0.2) is 12.1 Å². The molecule has 0 spiro atoms. The van der Waals surface area contributed by atoms with Crippen LogP contribution in [0.4, 0.5) is 0 Å². The van der Waals surface area contributed by atoms with Crippen molar-refractivity contribution in [3.8, 4) is 0 Å². The Morgan fingerprint density at radius 1 is 1.32 bits per heavy atom. The summed E-state index contributed by atoms with van der Waals surface area (Å²) < 4.78 is 0. The summed E-state index contributed by atoms with van der Waals surface area (Å²) in [5.74, 6) is 0.